The molecule has 1 aliphatic heterocycles. The number of aromatic nitrogens is 4. The molecule has 0 radical (unpaired) electrons. The molecule has 0 unspecified atom stereocenters. The number of pyridine rings is 1. The summed E-state index contributed by atoms with van der Waals surface area (Å²) in [5.41, 5.74) is 2.09. The molecule has 1 fully saturated rings. The summed E-state index contributed by atoms with van der Waals surface area (Å²) in [4.78, 5) is 19.4. The number of nitrogens with zero attached hydrogens (tertiary/aromatic N) is 5. The zero-order valence-corrected chi connectivity index (χ0v) is 14.1. The highest BCUT2D eigenvalue weighted by Gasteiger charge is 2.15. The van der Waals surface area contributed by atoms with Crippen LogP contribution in [0.3, 0.4) is 0 Å². The van der Waals surface area contributed by atoms with Gasteiger partial charge in [-0.1, -0.05) is 12.1 Å². The Kier molecular flexibility index (Phi) is 3.35. The van der Waals surface area contributed by atoms with Gasteiger partial charge in [-0.3, -0.25) is 4.79 Å². The highest BCUT2D eigenvalue weighted by atomic mass is 16.1. The second-order valence-electron chi connectivity index (χ2n) is 6.44. The van der Waals surface area contributed by atoms with Crippen LogP contribution in [0.2, 0.25) is 0 Å². The lowest BCUT2D eigenvalue weighted by atomic mass is 10.1. The molecule has 0 amide bonds. The van der Waals surface area contributed by atoms with Crippen molar-refractivity contribution in [3.8, 4) is 11.5 Å². The van der Waals surface area contributed by atoms with Crippen LogP contribution in [0.15, 0.2) is 72.0 Å². The van der Waals surface area contributed by atoms with Crippen molar-refractivity contribution in [1.82, 2.24) is 19.3 Å². The molecule has 4 aromatic rings. The van der Waals surface area contributed by atoms with Gasteiger partial charge in [-0.2, -0.15) is 9.78 Å². The third-order valence-electron chi connectivity index (χ3n) is 4.81. The van der Waals surface area contributed by atoms with Crippen LogP contribution < -0.4 is 10.5 Å². The minimum absolute atomic E-state index is 0.168. The topological polar surface area (TPSA) is 56.0 Å². The van der Waals surface area contributed by atoms with E-state index < -0.39 is 0 Å². The molecule has 5 rings (SSSR count). The Morgan fingerprint density at radius 3 is 2.62 bits per heavy atom. The highest BCUT2D eigenvalue weighted by Crippen LogP contribution is 2.24. The van der Waals surface area contributed by atoms with Crippen molar-refractivity contribution in [1.29, 1.82) is 0 Å². The zero-order valence-electron chi connectivity index (χ0n) is 14.1. The quantitative estimate of drug-likeness (QED) is 0.574. The first-order chi connectivity index (χ1) is 12.8. The van der Waals surface area contributed by atoms with Crippen molar-refractivity contribution in [3.63, 3.8) is 0 Å². The smallest absolute Gasteiger partial charge is 0.282 e. The summed E-state index contributed by atoms with van der Waals surface area (Å²) < 4.78 is 3.32. The van der Waals surface area contributed by atoms with E-state index in [0.717, 1.165) is 24.2 Å². The average Bonchev–Trinajstić information content (AvgIpc) is 3.07. The summed E-state index contributed by atoms with van der Waals surface area (Å²) in [6.45, 7) is 2.21. The van der Waals surface area contributed by atoms with Gasteiger partial charge in [0.2, 0.25) is 0 Å². The molecule has 3 aromatic heterocycles. The molecule has 1 aromatic carbocycles. The van der Waals surface area contributed by atoms with E-state index in [2.05, 4.69) is 33.2 Å². The fraction of sp³-hybridized carbons (Fsp3) is 0.150. The molecule has 26 heavy (non-hydrogen) atoms. The Balaban J connectivity index is 1.60. The van der Waals surface area contributed by atoms with Gasteiger partial charge in [0.1, 0.15) is 0 Å². The van der Waals surface area contributed by atoms with E-state index in [0.29, 0.717) is 11.2 Å². The Morgan fingerprint density at radius 2 is 1.85 bits per heavy atom. The number of benzene rings is 1. The first-order valence-corrected chi connectivity index (χ1v) is 8.66. The summed E-state index contributed by atoms with van der Waals surface area (Å²) in [5.74, 6) is 0.520. The van der Waals surface area contributed by atoms with Gasteiger partial charge in [0.25, 0.3) is 5.56 Å². The minimum Gasteiger partial charge on any atom is -0.371 e. The first kappa shape index (κ1) is 14.9. The maximum Gasteiger partial charge on any atom is 0.282 e. The van der Waals surface area contributed by atoms with Crippen molar-refractivity contribution in [2.24, 2.45) is 0 Å². The summed E-state index contributed by atoms with van der Waals surface area (Å²) in [6.07, 6.45) is 8.42. The van der Waals surface area contributed by atoms with Crippen LogP contribution in [-0.4, -0.2) is 32.4 Å². The number of fused-ring (bicyclic) bond motifs is 1. The summed E-state index contributed by atoms with van der Waals surface area (Å²) >= 11 is 0. The predicted octanol–water partition coefficient (Wildman–Crippen LogP) is 2.78. The van der Waals surface area contributed by atoms with E-state index >= 15 is 0 Å². The Hall–Kier alpha value is -3.41. The molecule has 128 valence electrons. The van der Waals surface area contributed by atoms with Crippen LogP contribution in [0.5, 0.6) is 0 Å². The zero-order chi connectivity index (χ0) is 17.5. The van der Waals surface area contributed by atoms with Crippen LogP contribution in [0.25, 0.3) is 22.3 Å². The minimum atomic E-state index is -0.168. The number of hydrogen-bond acceptors (Lipinski definition) is 4. The van der Waals surface area contributed by atoms with Gasteiger partial charge in [0, 0.05) is 48.4 Å². The van der Waals surface area contributed by atoms with E-state index in [1.807, 2.05) is 35.2 Å². The monoisotopic (exact) mass is 343 g/mol. The summed E-state index contributed by atoms with van der Waals surface area (Å²) in [5, 5.41) is 5.71. The molecule has 0 atom stereocenters. The Labute approximate surface area is 149 Å². The third kappa shape index (κ3) is 2.38. The molecule has 6 heteroatoms. The number of rotatable bonds is 3. The van der Waals surface area contributed by atoms with Crippen LogP contribution in [-0.2, 0) is 0 Å². The molecular weight excluding hydrogens is 326 g/mol. The number of anilines is 1. The second-order valence-corrected chi connectivity index (χ2v) is 6.44. The van der Waals surface area contributed by atoms with Gasteiger partial charge >= 0.3 is 0 Å². The SMILES string of the molecule is O=c1c2cn(-c3cccc(N4CCC4)c3)cc2cnn1-c1ccccn1. The molecule has 0 aliphatic carbocycles. The predicted molar refractivity (Wildman–Crippen MR) is 101 cm³/mol. The Morgan fingerprint density at radius 1 is 0.962 bits per heavy atom. The van der Waals surface area contributed by atoms with Crippen molar-refractivity contribution in [3.05, 3.63) is 77.6 Å². The fourth-order valence-corrected chi connectivity index (χ4v) is 3.25. The molecule has 4 heterocycles. The van der Waals surface area contributed by atoms with Gasteiger partial charge < -0.3 is 9.47 Å². The van der Waals surface area contributed by atoms with Crippen LogP contribution in [0, 0.1) is 0 Å². The van der Waals surface area contributed by atoms with E-state index in [1.54, 1.807) is 18.5 Å². The van der Waals surface area contributed by atoms with Crippen LogP contribution in [0.1, 0.15) is 6.42 Å². The van der Waals surface area contributed by atoms with E-state index in [1.165, 1.54) is 16.8 Å². The molecule has 0 N–H and O–H groups in total. The maximum absolute atomic E-state index is 12.8. The molecule has 0 saturated carbocycles. The van der Waals surface area contributed by atoms with Crippen molar-refractivity contribution >= 4 is 16.5 Å². The van der Waals surface area contributed by atoms with Crippen molar-refractivity contribution < 1.29 is 0 Å². The normalized spacial score (nSPS) is 13.8. The first-order valence-electron chi connectivity index (χ1n) is 8.66. The van der Waals surface area contributed by atoms with E-state index in [4.69, 9.17) is 0 Å². The summed E-state index contributed by atoms with van der Waals surface area (Å²) in [7, 11) is 0. The molecular formula is C20H17N5O. The van der Waals surface area contributed by atoms with Gasteiger partial charge in [-0.25, -0.2) is 4.98 Å². The maximum atomic E-state index is 12.8. The van der Waals surface area contributed by atoms with E-state index in [9.17, 15) is 4.79 Å². The Bertz CT molecular complexity index is 1140. The van der Waals surface area contributed by atoms with Crippen molar-refractivity contribution in [2.45, 2.75) is 6.42 Å². The van der Waals surface area contributed by atoms with Crippen molar-refractivity contribution in [2.75, 3.05) is 18.0 Å². The lowest BCUT2D eigenvalue weighted by Gasteiger charge is -2.33. The molecule has 0 bridgehead atoms. The largest absolute Gasteiger partial charge is 0.371 e. The molecule has 1 aliphatic rings. The number of hydrogen-bond donors (Lipinski definition) is 0. The summed E-state index contributed by atoms with van der Waals surface area (Å²) in [6, 6.07) is 13.8. The molecule has 1 saturated heterocycles. The highest BCUT2D eigenvalue weighted by molar-refractivity contribution is 5.81. The standard InChI is InChI=1S/C20H17N5O/c26-20-18-14-24(17-6-3-5-16(11-17)23-9-4-10-23)13-15(18)12-22-25(20)19-7-1-2-8-21-19/h1-3,5-8,11-14H,4,9-10H2. The molecule has 0 spiro atoms. The van der Waals surface area contributed by atoms with Gasteiger partial charge in [-0.05, 0) is 36.8 Å². The average molecular weight is 343 g/mol. The van der Waals surface area contributed by atoms with E-state index in [-0.39, 0.29) is 5.56 Å². The van der Waals surface area contributed by atoms with Gasteiger partial charge in [0.05, 0.1) is 11.6 Å². The fourth-order valence-electron chi connectivity index (χ4n) is 3.25. The van der Waals surface area contributed by atoms with Gasteiger partial charge in [0.15, 0.2) is 5.82 Å². The van der Waals surface area contributed by atoms with Crippen LogP contribution >= 0.6 is 0 Å². The lowest BCUT2D eigenvalue weighted by Crippen LogP contribution is -2.36. The second kappa shape index (κ2) is 5.84. The third-order valence-corrected chi connectivity index (χ3v) is 4.81. The van der Waals surface area contributed by atoms with Crippen LogP contribution in [0.4, 0.5) is 5.69 Å². The molecule has 6 nitrogen and oxygen atoms in total. The lowest BCUT2D eigenvalue weighted by molar-refractivity contribution is 0.617. The van der Waals surface area contributed by atoms with Gasteiger partial charge in [-0.15, -0.1) is 0 Å².